The Morgan fingerprint density at radius 1 is 1.12 bits per heavy atom. The van der Waals surface area contributed by atoms with E-state index in [1.54, 1.807) is 29.9 Å². The molecule has 1 aromatic carbocycles. The van der Waals surface area contributed by atoms with Gasteiger partial charge in [-0.2, -0.15) is 0 Å². The van der Waals surface area contributed by atoms with Crippen LogP contribution in [0, 0.1) is 25.7 Å². The minimum atomic E-state index is -0.737. The Labute approximate surface area is 236 Å². The van der Waals surface area contributed by atoms with E-state index in [1.165, 1.54) is 0 Å². The number of amides is 3. The molecule has 0 bridgehead atoms. The lowest BCUT2D eigenvalue weighted by atomic mass is 9.82. The summed E-state index contributed by atoms with van der Waals surface area (Å²) in [4.78, 5) is 44.2. The Hall–Kier alpha value is -3.24. The number of nitrogens with two attached hydrogens (primary N) is 1. The number of piperidine rings is 1. The molecule has 2 heterocycles. The van der Waals surface area contributed by atoms with Crippen LogP contribution in [0.2, 0.25) is 0 Å². The molecule has 10 heteroatoms. The number of methoxy groups -OCH3 is 1. The molecule has 2 fully saturated rings. The van der Waals surface area contributed by atoms with Crippen molar-refractivity contribution in [1.82, 2.24) is 20.3 Å². The highest BCUT2D eigenvalue weighted by Gasteiger charge is 2.40. The van der Waals surface area contributed by atoms with Crippen molar-refractivity contribution in [2.75, 3.05) is 39.9 Å². The maximum absolute atomic E-state index is 13.7. The lowest BCUT2D eigenvalue weighted by Crippen LogP contribution is -2.58. The van der Waals surface area contributed by atoms with Gasteiger partial charge in [-0.1, -0.05) is 22.9 Å². The molecule has 3 N–H and O–H groups in total. The van der Waals surface area contributed by atoms with Crippen LogP contribution in [0.1, 0.15) is 70.7 Å². The summed E-state index contributed by atoms with van der Waals surface area (Å²) < 4.78 is 10.5. The molecule has 1 saturated carbocycles. The average molecular weight is 554 g/mol. The number of likely N-dealkylation sites (tertiary alicyclic amines) is 1. The van der Waals surface area contributed by atoms with Crippen molar-refractivity contribution in [3.05, 3.63) is 52.9 Å². The normalized spacial score (nSPS) is 23.1. The maximum atomic E-state index is 13.7. The third-order valence-electron chi connectivity index (χ3n) is 8.35. The zero-order valence-corrected chi connectivity index (χ0v) is 23.9. The van der Waals surface area contributed by atoms with E-state index in [0.29, 0.717) is 68.8 Å². The van der Waals surface area contributed by atoms with Crippen molar-refractivity contribution in [3.8, 4) is 0 Å². The summed E-state index contributed by atoms with van der Waals surface area (Å²) >= 11 is 0. The van der Waals surface area contributed by atoms with Gasteiger partial charge < -0.3 is 30.1 Å². The van der Waals surface area contributed by atoms with E-state index in [-0.39, 0.29) is 29.5 Å². The third-order valence-corrected chi connectivity index (χ3v) is 8.35. The molecule has 0 spiro atoms. The molecular weight excluding hydrogens is 510 g/mol. The number of ether oxygens (including phenoxy) is 1. The Morgan fingerprint density at radius 3 is 2.52 bits per heavy atom. The zero-order chi connectivity index (χ0) is 28.6. The molecule has 2 atom stereocenters. The van der Waals surface area contributed by atoms with Gasteiger partial charge in [0, 0.05) is 44.4 Å². The molecule has 2 aromatic rings. The fraction of sp³-hybridized carbons (Fsp3) is 0.600. The summed E-state index contributed by atoms with van der Waals surface area (Å²) in [5.41, 5.74) is 7.62. The van der Waals surface area contributed by atoms with Gasteiger partial charge in [0.05, 0.1) is 6.61 Å². The number of carbonyl (C=O) groups is 3. The number of aromatic nitrogens is 1. The van der Waals surface area contributed by atoms with Crippen LogP contribution >= 0.6 is 0 Å². The maximum Gasteiger partial charge on any atom is 0.276 e. The van der Waals surface area contributed by atoms with Crippen molar-refractivity contribution in [2.24, 2.45) is 17.6 Å². The van der Waals surface area contributed by atoms with Crippen LogP contribution in [0.5, 0.6) is 0 Å². The highest BCUT2D eigenvalue weighted by Crippen LogP contribution is 2.29. The van der Waals surface area contributed by atoms with Crippen LogP contribution in [-0.2, 0) is 9.53 Å². The van der Waals surface area contributed by atoms with Crippen LogP contribution in [0.4, 0.5) is 0 Å². The smallest absolute Gasteiger partial charge is 0.276 e. The van der Waals surface area contributed by atoms with E-state index in [0.717, 1.165) is 31.2 Å². The third kappa shape index (κ3) is 7.28. The number of nitrogens with zero attached hydrogens (tertiary/aromatic N) is 3. The number of benzene rings is 1. The highest BCUT2D eigenvalue weighted by molar-refractivity contribution is 5.97. The molecule has 3 amide bonds. The Morgan fingerprint density at radius 2 is 1.88 bits per heavy atom. The molecule has 1 saturated heterocycles. The molecular formula is C30H43N5O5. The second-order valence-electron chi connectivity index (χ2n) is 11.2. The molecule has 10 nitrogen and oxygen atoms in total. The van der Waals surface area contributed by atoms with Crippen molar-refractivity contribution in [1.29, 1.82) is 0 Å². The van der Waals surface area contributed by atoms with E-state index >= 15 is 0 Å². The summed E-state index contributed by atoms with van der Waals surface area (Å²) in [7, 11) is 1.60. The number of nitrogens with one attached hydrogen (secondary N) is 1. The van der Waals surface area contributed by atoms with Crippen LogP contribution in [0.25, 0.3) is 0 Å². The van der Waals surface area contributed by atoms with Crippen LogP contribution in [-0.4, -0.2) is 84.7 Å². The summed E-state index contributed by atoms with van der Waals surface area (Å²) in [5.74, 6) is 0.847. The molecule has 1 aromatic heterocycles. The quantitative estimate of drug-likeness (QED) is 0.463. The fourth-order valence-corrected chi connectivity index (χ4v) is 5.95. The summed E-state index contributed by atoms with van der Waals surface area (Å²) in [6.07, 6.45) is 5.09. The first-order valence-electron chi connectivity index (χ1n) is 14.4. The van der Waals surface area contributed by atoms with Gasteiger partial charge in [0.2, 0.25) is 5.91 Å². The molecule has 2 aliphatic rings. The number of carbonyl (C=O) groups excluding carboxylic acids is 3. The molecule has 1 aliphatic carbocycles. The van der Waals surface area contributed by atoms with E-state index in [1.807, 2.05) is 31.2 Å². The van der Waals surface area contributed by atoms with Gasteiger partial charge in [-0.25, -0.2) is 0 Å². The zero-order valence-electron chi connectivity index (χ0n) is 23.9. The lowest BCUT2D eigenvalue weighted by Gasteiger charge is -2.42. The summed E-state index contributed by atoms with van der Waals surface area (Å²) in [6, 6.07) is 8.12. The summed E-state index contributed by atoms with van der Waals surface area (Å²) in [6.45, 7) is 6.04. The molecule has 0 radical (unpaired) electrons. The predicted molar refractivity (Wildman–Crippen MR) is 151 cm³/mol. The predicted octanol–water partition coefficient (Wildman–Crippen LogP) is 2.93. The molecule has 1 unspecified atom stereocenters. The van der Waals surface area contributed by atoms with Gasteiger partial charge in [-0.15, -0.1) is 0 Å². The number of hydrogen-bond donors (Lipinski definition) is 2. The van der Waals surface area contributed by atoms with Gasteiger partial charge in [-0.05, 0) is 82.9 Å². The van der Waals surface area contributed by atoms with E-state index in [2.05, 4.69) is 10.5 Å². The van der Waals surface area contributed by atoms with Gasteiger partial charge >= 0.3 is 0 Å². The van der Waals surface area contributed by atoms with E-state index in [4.69, 9.17) is 15.0 Å². The SMILES string of the molecule is COCCN(C(=O)c1cccc(C)c1)C1CCN(C(=O)c2cc(C)on2)[C@@H](C(=O)NCC2CCC(CN)CC2)C1. The fourth-order valence-electron chi connectivity index (χ4n) is 5.95. The minimum Gasteiger partial charge on any atom is -0.383 e. The Balaban J connectivity index is 1.52. The van der Waals surface area contributed by atoms with E-state index in [9.17, 15) is 14.4 Å². The largest absolute Gasteiger partial charge is 0.383 e. The van der Waals surface area contributed by atoms with Crippen LogP contribution in [0.15, 0.2) is 34.9 Å². The van der Waals surface area contributed by atoms with E-state index < -0.39 is 6.04 Å². The topological polar surface area (TPSA) is 131 Å². The van der Waals surface area contributed by atoms with Crippen LogP contribution < -0.4 is 11.1 Å². The second kappa shape index (κ2) is 13.9. The second-order valence-corrected chi connectivity index (χ2v) is 11.2. The lowest BCUT2D eigenvalue weighted by molar-refractivity contribution is -0.127. The monoisotopic (exact) mass is 553 g/mol. The van der Waals surface area contributed by atoms with Crippen molar-refractivity contribution >= 4 is 17.7 Å². The van der Waals surface area contributed by atoms with Gasteiger partial charge in [0.25, 0.3) is 11.8 Å². The first-order chi connectivity index (χ1) is 19.3. The highest BCUT2D eigenvalue weighted by atomic mass is 16.5. The average Bonchev–Trinajstić information content (AvgIpc) is 3.42. The number of hydrogen-bond acceptors (Lipinski definition) is 7. The first kappa shape index (κ1) is 29.7. The first-order valence-corrected chi connectivity index (χ1v) is 14.4. The van der Waals surface area contributed by atoms with Crippen LogP contribution in [0.3, 0.4) is 0 Å². The molecule has 218 valence electrons. The standard InChI is InChI=1S/C30H43N5O5/c1-20-5-4-6-24(15-20)29(37)34(13-14-39-3)25-11-12-35(30(38)26-16-21(2)40-33-26)27(17-25)28(36)32-19-23-9-7-22(18-31)8-10-23/h4-6,15-16,22-23,25,27H,7-14,17-19,31H2,1-3H3,(H,32,36)/t22?,23?,25?,27-/m1/s1. The Kier molecular flexibility index (Phi) is 10.3. The number of aryl methyl sites for hydroxylation is 2. The molecule has 4 rings (SSSR count). The van der Waals surface area contributed by atoms with Gasteiger partial charge in [0.1, 0.15) is 11.8 Å². The van der Waals surface area contributed by atoms with Gasteiger partial charge in [0.15, 0.2) is 5.69 Å². The van der Waals surface area contributed by atoms with Gasteiger partial charge in [-0.3, -0.25) is 14.4 Å². The molecule has 1 aliphatic heterocycles. The minimum absolute atomic E-state index is 0.103. The number of rotatable bonds is 10. The Bertz CT molecular complexity index is 1160. The van der Waals surface area contributed by atoms with Crippen molar-refractivity contribution in [2.45, 2.75) is 64.5 Å². The molecule has 40 heavy (non-hydrogen) atoms. The summed E-state index contributed by atoms with van der Waals surface area (Å²) in [5, 5.41) is 7.03. The van der Waals surface area contributed by atoms with Crippen molar-refractivity contribution in [3.63, 3.8) is 0 Å². The van der Waals surface area contributed by atoms with Crippen molar-refractivity contribution < 1.29 is 23.6 Å².